The zero-order valence-corrected chi connectivity index (χ0v) is 45.1. The highest BCUT2D eigenvalue weighted by Gasteiger charge is 2.37. The van der Waals surface area contributed by atoms with Crippen molar-refractivity contribution >= 4 is 218 Å². The lowest BCUT2D eigenvalue weighted by Crippen LogP contribution is -2.42. The summed E-state index contributed by atoms with van der Waals surface area (Å²) in [5, 5.41) is 6.30. The number of carbonyl (C=O) groups excluding carboxylic acids is 6. The van der Waals surface area contributed by atoms with Crippen LogP contribution in [0.3, 0.4) is 0 Å². The standard InChI is InChI=1S/C42H40N4O6.4CHCl3/c47-33-9-3-1-5-19-43(33)21-7-23-45-39(49)29-15-11-25-27-13-17-31-38-32(18-14-28(36(27)38)26-12-16-30(40(45)50)37(29)35(25)26)42(52)46(41(31)51)24-8-22-44-20-6-2-4-10-34(44)48;4*2-1(3)4/h11-18H,1-10,19-24H2;4*1H. The molecular weight excluding hydrogens is 1130 g/mol. The molecule has 4 aliphatic rings. The molecule has 0 radical (unpaired) electrons. The quantitative estimate of drug-likeness (QED) is 0.0661. The fraction of sp³-hybridized carbons (Fsp3) is 0.435. The Hall–Kier alpha value is -1.90. The van der Waals surface area contributed by atoms with Gasteiger partial charge in [-0.1, -0.05) is 176 Å². The molecule has 0 aromatic heterocycles. The van der Waals surface area contributed by atoms with Crippen LogP contribution < -0.4 is 0 Å². The molecule has 5 aromatic carbocycles. The Balaban J connectivity index is 0.000000472. The van der Waals surface area contributed by atoms with Crippen molar-refractivity contribution < 1.29 is 28.8 Å². The summed E-state index contributed by atoms with van der Waals surface area (Å²) in [4.78, 5) is 87.1. The lowest BCUT2D eigenvalue weighted by Gasteiger charge is -2.31. The Bertz CT molecular complexity index is 2310. The Morgan fingerprint density at radius 1 is 0.353 bits per heavy atom. The maximum atomic E-state index is 13.9. The third kappa shape index (κ3) is 14.2. The molecule has 368 valence electrons. The Morgan fingerprint density at radius 2 is 0.618 bits per heavy atom. The van der Waals surface area contributed by atoms with Crippen LogP contribution in [0.25, 0.3) is 43.1 Å². The number of hydrogen-bond donors (Lipinski definition) is 0. The van der Waals surface area contributed by atoms with Crippen LogP contribution in [0.2, 0.25) is 0 Å². The van der Waals surface area contributed by atoms with Gasteiger partial charge in [0, 0.05) is 85.1 Å². The summed E-state index contributed by atoms with van der Waals surface area (Å²) in [5.74, 6) is -1.07. The van der Waals surface area contributed by atoms with Crippen molar-refractivity contribution in [2.24, 2.45) is 0 Å². The molecule has 2 saturated heterocycles. The molecule has 0 atom stereocenters. The van der Waals surface area contributed by atoms with Gasteiger partial charge in [0.15, 0.2) is 17.2 Å². The van der Waals surface area contributed by atoms with Crippen molar-refractivity contribution in [1.82, 2.24) is 19.6 Å². The van der Waals surface area contributed by atoms with Crippen LogP contribution in [0.5, 0.6) is 0 Å². The summed E-state index contributed by atoms with van der Waals surface area (Å²) in [6, 6.07) is 14.8. The van der Waals surface area contributed by atoms with E-state index >= 15 is 0 Å². The predicted molar refractivity (Wildman–Crippen MR) is 283 cm³/mol. The lowest BCUT2D eigenvalue weighted by atomic mass is 9.82. The molecule has 5 aromatic rings. The van der Waals surface area contributed by atoms with E-state index in [1.165, 1.54) is 9.80 Å². The topological polar surface area (TPSA) is 115 Å². The first kappa shape index (κ1) is 57.0. The first-order valence-electron chi connectivity index (χ1n) is 21.4. The molecule has 0 saturated carbocycles. The van der Waals surface area contributed by atoms with Crippen molar-refractivity contribution in [2.75, 3.05) is 39.3 Å². The molecule has 0 spiro atoms. The second-order valence-electron chi connectivity index (χ2n) is 15.7. The van der Waals surface area contributed by atoms with Gasteiger partial charge in [0.25, 0.3) is 23.6 Å². The number of nitrogens with zero attached hydrogens (tertiary/aromatic N) is 4. The summed E-state index contributed by atoms with van der Waals surface area (Å²) in [7, 11) is 0. The number of imide groups is 2. The van der Waals surface area contributed by atoms with Crippen LogP contribution >= 0.6 is 139 Å². The van der Waals surface area contributed by atoms with Gasteiger partial charge in [-0.15, -0.1) is 0 Å². The Morgan fingerprint density at radius 3 is 0.882 bits per heavy atom. The summed E-state index contributed by atoms with van der Waals surface area (Å²) >= 11 is 57.7. The van der Waals surface area contributed by atoms with Crippen LogP contribution in [-0.2, 0) is 9.59 Å². The van der Waals surface area contributed by atoms with E-state index in [4.69, 9.17) is 139 Å². The van der Waals surface area contributed by atoms with Crippen molar-refractivity contribution in [2.45, 2.75) is 81.4 Å². The maximum absolute atomic E-state index is 13.9. The molecule has 0 bridgehead atoms. The third-order valence-electron chi connectivity index (χ3n) is 11.8. The van der Waals surface area contributed by atoms with Gasteiger partial charge in [-0.25, -0.2) is 0 Å². The molecule has 10 nitrogen and oxygen atoms in total. The fourth-order valence-corrected chi connectivity index (χ4v) is 9.16. The lowest BCUT2D eigenvalue weighted by molar-refractivity contribution is -0.131. The normalized spacial score (nSPS) is 16.3. The van der Waals surface area contributed by atoms with E-state index in [9.17, 15) is 28.8 Å². The minimum atomic E-state index is -0.750. The van der Waals surface area contributed by atoms with Crippen molar-refractivity contribution in [3.8, 4) is 0 Å². The van der Waals surface area contributed by atoms with Crippen molar-refractivity contribution in [1.29, 1.82) is 0 Å². The largest absolute Gasteiger partial charge is 0.343 e. The highest BCUT2D eigenvalue weighted by molar-refractivity contribution is 6.64. The van der Waals surface area contributed by atoms with Crippen LogP contribution in [0.1, 0.15) is 106 Å². The number of amides is 6. The van der Waals surface area contributed by atoms with Crippen molar-refractivity contribution in [3.63, 3.8) is 0 Å². The first-order chi connectivity index (χ1) is 32.3. The first-order valence-corrected chi connectivity index (χ1v) is 26.7. The van der Waals surface area contributed by atoms with Gasteiger partial charge < -0.3 is 9.80 Å². The number of halogens is 12. The molecule has 4 aliphatic heterocycles. The van der Waals surface area contributed by atoms with Crippen molar-refractivity contribution in [3.05, 3.63) is 70.8 Å². The van der Waals surface area contributed by atoms with Crippen LogP contribution in [0.15, 0.2) is 48.5 Å². The number of alkyl halides is 12. The highest BCUT2D eigenvalue weighted by Crippen LogP contribution is 2.46. The summed E-state index contributed by atoms with van der Waals surface area (Å²) in [5.41, 5.74) is 1.88. The van der Waals surface area contributed by atoms with Gasteiger partial charge >= 0.3 is 0 Å². The Kier molecular flexibility index (Phi) is 22.4. The number of carbonyl (C=O) groups is 6. The van der Waals surface area contributed by atoms with E-state index in [1.54, 1.807) is 24.3 Å². The zero-order valence-electron chi connectivity index (χ0n) is 36.0. The van der Waals surface area contributed by atoms with Gasteiger partial charge in [-0.2, -0.15) is 0 Å². The minimum absolute atomic E-state index is 0.141. The molecule has 9 rings (SSSR count). The molecule has 0 aliphatic carbocycles. The van der Waals surface area contributed by atoms with Gasteiger partial charge in [-0.05, 0) is 95.1 Å². The van der Waals surface area contributed by atoms with E-state index in [0.29, 0.717) is 84.9 Å². The van der Waals surface area contributed by atoms with Gasteiger partial charge in [0.05, 0.1) is 0 Å². The summed E-state index contributed by atoms with van der Waals surface area (Å²) < 4.78 is -3.00. The number of hydrogen-bond acceptors (Lipinski definition) is 6. The zero-order chi connectivity index (χ0) is 50.0. The predicted octanol–water partition coefficient (Wildman–Crippen LogP) is 14.5. The molecule has 22 heteroatoms. The number of fused-ring (bicyclic) bond motifs is 2. The second kappa shape index (κ2) is 26.7. The van der Waals surface area contributed by atoms with Crippen LogP contribution in [0.4, 0.5) is 0 Å². The van der Waals surface area contributed by atoms with Gasteiger partial charge in [0.1, 0.15) is 0 Å². The van der Waals surface area contributed by atoms with E-state index in [2.05, 4.69) is 0 Å². The SMILES string of the molecule is ClC(Cl)Cl.ClC(Cl)Cl.ClC(Cl)Cl.ClC(Cl)Cl.O=C1CCCCCN1CCCN1C(=O)c2ccc3c4ccc5c6c(ccc(c7ccc(c2c37)C1=O)c64)C(=O)N(CCCN1CCCCCC1=O)C5=O. The molecule has 4 heterocycles. The van der Waals surface area contributed by atoms with E-state index < -0.39 is 17.2 Å². The smallest absolute Gasteiger partial charge is 0.261 e. The van der Waals surface area contributed by atoms with Crippen LogP contribution in [0, 0.1) is 0 Å². The summed E-state index contributed by atoms with van der Waals surface area (Å²) in [6.45, 7) is 2.93. The molecule has 6 amide bonds. The highest BCUT2D eigenvalue weighted by atomic mass is 35.6. The fourth-order valence-electron chi connectivity index (χ4n) is 9.16. The molecule has 2 fully saturated rings. The second-order valence-corrected chi connectivity index (χ2v) is 23.7. The maximum Gasteiger partial charge on any atom is 0.261 e. The average molecular weight is 1170 g/mol. The molecular formula is C46H44Cl12N4O6. The number of benzene rings is 5. The monoisotopic (exact) mass is 1170 g/mol. The molecule has 68 heavy (non-hydrogen) atoms. The molecule has 0 unspecified atom stereocenters. The summed E-state index contributed by atoms with van der Waals surface area (Å²) in [6.07, 6.45) is 7.97. The molecule has 0 N–H and O–H groups in total. The third-order valence-corrected chi connectivity index (χ3v) is 11.8. The minimum Gasteiger partial charge on any atom is -0.343 e. The van der Waals surface area contributed by atoms with E-state index in [0.717, 1.165) is 70.8 Å². The van der Waals surface area contributed by atoms with E-state index in [-0.39, 0.29) is 48.5 Å². The van der Waals surface area contributed by atoms with Crippen LogP contribution in [-0.4, -0.2) is 111 Å². The number of rotatable bonds is 8. The van der Waals surface area contributed by atoms with E-state index in [1.807, 2.05) is 34.1 Å². The Labute approximate surface area is 453 Å². The number of likely N-dealkylation sites (tertiary alicyclic amines) is 2. The average Bonchev–Trinajstić information content (AvgIpc) is 3.60. The van der Waals surface area contributed by atoms with Gasteiger partial charge in [0.2, 0.25) is 11.8 Å². The van der Waals surface area contributed by atoms with Gasteiger partial charge in [-0.3, -0.25) is 38.6 Å².